The molecule has 0 radical (unpaired) electrons. The third-order valence-electron chi connectivity index (χ3n) is 4.08. The number of rotatable bonds is 13. The molecule has 0 bridgehead atoms. The van der Waals surface area contributed by atoms with Crippen molar-refractivity contribution in [2.24, 2.45) is 5.92 Å². The summed E-state index contributed by atoms with van der Waals surface area (Å²) >= 11 is 0. The van der Waals surface area contributed by atoms with Gasteiger partial charge in [-0.2, -0.15) is 0 Å². The first-order valence-electron chi connectivity index (χ1n) is 9.56. The zero-order valence-electron chi connectivity index (χ0n) is 17.2. The molecule has 1 unspecified atom stereocenters. The first-order valence-corrected chi connectivity index (χ1v) is 9.56. The van der Waals surface area contributed by atoms with Crippen molar-refractivity contribution in [2.45, 2.75) is 98.5 Å². The van der Waals surface area contributed by atoms with Crippen molar-refractivity contribution in [3.8, 4) is 0 Å². The lowest BCUT2D eigenvalue weighted by molar-refractivity contribution is -0.0647. The van der Waals surface area contributed by atoms with Crippen LogP contribution in [0.25, 0.3) is 0 Å². The molecule has 1 atom stereocenters. The van der Waals surface area contributed by atoms with E-state index in [-0.39, 0.29) is 5.60 Å². The summed E-state index contributed by atoms with van der Waals surface area (Å²) in [5.74, 6) is 0.610. The van der Waals surface area contributed by atoms with E-state index in [9.17, 15) is 0 Å². The van der Waals surface area contributed by atoms with Crippen LogP contribution in [0.15, 0.2) is 12.2 Å². The highest BCUT2D eigenvalue weighted by molar-refractivity contribution is 4.80. The second-order valence-electron chi connectivity index (χ2n) is 7.28. The highest BCUT2D eigenvalue weighted by atomic mass is 16.5. The molecule has 0 N–H and O–H groups in total. The van der Waals surface area contributed by atoms with Gasteiger partial charge in [0.2, 0.25) is 0 Å². The second kappa shape index (κ2) is 16.5. The average Bonchev–Trinajstić information content (AvgIpc) is 2.44. The number of allylic oxidation sites excluding steroid dienone is 1. The molecule has 0 heterocycles. The van der Waals surface area contributed by atoms with Crippen molar-refractivity contribution < 1.29 is 9.47 Å². The molecule has 0 saturated heterocycles. The molecule has 2 heteroatoms. The van der Waals surface area contributed by atoms with Gasteiger partial charge in [0.05, 0.1) is 5.60 Å². The summed E-state index contributed by atoms with van der Waals surface area (Å²) in [6, 6.07) is 0. The Balaban J connectivity index is 0. The van der Waals surface area contributed by atoms with Crippen LogP contribution in [0.3, 0.4) is 0 Å². The lowest BCUT2D eigenvalue weighted by atomic mass is 9.83. The molecular formula is C21H44O2. The van der Waals surface area contributed by atoms with Crippen molar-refractivity contribution in [3.05, 3.63) is 12.2 Å². The highest BCUT2D eigenvalue weighted by Crippen LogP contribution is 2.29. The Morgan fingerprint density at radius 3 is 1.96 bits per heavy atom. The Morgan fingerprint density at radius 2 is 1.48 bits per heavy atom. The van der Waals surface area contributed by atoms with Gasteiger partial charge in [0.1, 0.15) is 0 Å². The van der Waals surface area contributed by atoms with Gasteiger partial charge >= 0.3 is 0 Å². The lowest BCUT2D eigenvalue weighted by Crippen LogP contribution is -2.35. The maximum Gasteiger partial charge on any atom is 0.0655 e. The maximum absolute atomic E-state index is 5.93. The molecule has 0 aliphatic carbocycles. The fourth-order valence-corrected chi connectivity index (χ4v) is 2.76. The fourth-order valence-electron chi connectivity index (χ4n) is 2.76. The van der Waals surface area contributed by atoms with Gasteiger partial charge in [-0.25, -0.2) is 0 Å². The van der Waals surface area contributed by atoms with Gasteiger partial charge in [-0.1, -0.05) is 51.0 Å². The summed E-state index contributed by atoms with van der Waals surface area (Å²) < 4.78 is 11.2. The molecule has 0 aromatic rings. The maximum atomic E-state index is 5.93. The number of methoxy groups -OCH3 is 1. The Labute approximate surface area is 147 Å². The Kier molecular flexibility index (Phi) is 17.9. The van der Waals surface area contributed by atoms with Gasteiger partial charge in [0, 0.05) is 20.3 Å². The van der Waals surface area contributed by atoms with Gasteiger partial charge in [-0.05, 0) is 53.4 Å². The van der Waals surface area contributed by atoms with Gasteiger partial charge < -0.3 is 9.47 Å². The van der Waals surface area contributed by atoms with Crippen LogP contribution in [0, 0.1) is 5.92 Å². The Morgan fingerprint density at radius 1 is 0.957 bits per heavy atom. The number of hydrogen-bond acceptors (Lipinski definition) is 2. The first kappa shape index (κ1) is 24.9. The molecule has 0 aliphatic rings. The average molecular weight is 329 g/mol. The monoisotopic (exact) mass is 328 g/mol. The van der Waals surface area contributed by atoms with E-state index in [0.29, 0.717) is 5.92 Å². The minimum absolute atomic E-state index is 0.0172. The largest absolute Gasteiger partial charge is 0.385 e. The zero-order chi connectivity index (χ0) is 18.1. The van der Waals surface area contributed by atoms with E-state index in [4.69, 9.17) is 9.47 Å². The van der Waals surface area contributed by atoms with Crippen molar-refractivity contribution in [2.75, 3.05) is 20.3 Å². The third kappa shape index (κ3) is 17.8. The molecule has 0 aliphatic heterocycles. The molecule has 0 amide bonds. The van der Waals surface area contributed by atoms with Crippen LogP contribution in [0.5, 0.6) is 0 Å². The van der Waals surface area contributed by atoms with Gasteiger partial charge in [-0.15, -0.1) is 6.58 Å². The van der Waals surface area contributed by atoms with Crippen molar-refractivity contribution >= 4 is 0 Å². The zero-order valence-corrected chi connectivity index (χ0v) is 17.2. The molecule has 0 spiro atoms. The second-order valence-corrected chi connectivity index (χ2v) is 7.28. The van der Waals surface area contributed by atoms with Crippen LogP contribution in [0.1, 0.15) is 92.9 Å². The molecule has 0 aromatic heterocycles. The summed E-state index contributed by atoms with van der Waals surface area (Å²) in [7, 11) is 1.79. The van der Waals surface area contributed by atoms with Crippen LogP contribution in [0.2, 0.25) is 0 Å². The van der Waals surface area contributed by atoms with E-state index < -0.39 is 0 Å². The molecular weight excluding hydrogens is 284 g/mol. The molecule has 23 heavy (non-hydrogen) atoms. The summed E-state index contributed by atoms with van der Waals surface area (Å²) in [5, 5.41) is 0. The minimum Gasteiger partial charge on any atom is -0.385 e. The SMILES string of the molecule is C=C(C)C.CCCCCCCCC(CCOC)C(C)(C)OCC. The van der Waals surface area contributed by atoms with Crippen molar-refractivity contribution in [1.82, 2.24) is 0 Å². The Bertz CT molecular complexity index is 255. The van der Waals surface area contributed by atoms with E-state index in [2.05, 4.69) is 34.3 Å². The molecule has 0 rings (SSSR count). The van der Waals surface area contributed by atoms with Crippen LogP contribution in [0.4, 0.5) is 0 Å². The normalized spacial score (nSPS) is 12.5. The van der Waals surface area contributed by atoms with Crippen LogP contribution >= 0.6 is 0 Å². The molecule has 0 fully saturated rings. The number of ether oxygens (including phenoxy) is 2. The Hall–Kier alpha value is -0.340. The van der Waals surface area contributed by atoms with Gasteiger partial charge in [0.25, 0.3) is 0 Å². The molecule has 140 valence electrons. The van der Waals surface area contributed by atoms with Crippen LogP contribution in [-0.4, -0.2) is 25.9 Å². The number of unbranched alkanes of at least 4 members (excludes halogenated alkanes) is 5. The van der Waals surface area contributed by atoms with E-state index >= 15 is 0 Å². The summed E-state index contributed by atoms with van der Waals surface area (Å²) in [4.78, 5) is 0. The topological polar surface area (TPSA) is 18.5 Å². The predicted molar refractivity (Wildman–Crippen MR) is 104 cm³/mol. The van der Waals surface area contributed by atoms with E-state index in [0.717, 1.165) is 19.6 Å². The summed E-state index contributed by atoms with van der Waals surface area (Å²) in [5.41, 5.74) is 1.15. The molecule has 0 aromatic carbocycles. The van der Waals surface area contributed by atoms with Gasteiger partial charge in [0.15, 0.2) is 0 Å². The van der Waals surface area contributed by atoms with E-state index in [1.54, 1.807) is 7.11 Å². The van der Waals surface area contributed by atoms with E-state index in [1.807, 2.05) is 13.8 Å². The van der Waals surface area contributed by atoms with E-state index in [1.165, 1.54) is 50.5 Å². The van der Waals surface area contributed by atoms with Gasteiger partial charge in [-0.3, -0.25) is 0 Å². The van der Waals surface area contributed by atoms with Crippen molar-refractivity contribution in [1.29, 1.82) is 0 Å². The third-order valence-corrected chi connectivity index (χ3v) is 4.08. The predicted octanol–water partition coefficient (Wildman–Crippen LogP) is 6.79. The molecule has 0 saturated carbocycles. The fraction of sp³-hybridized carbons (Fsp3) is 0.905. The highest BCUT2D eigenvalue weighted by Gasteiger charge is 2.29. The lowest BCUT2D eigenvalue weighted by Gasteiger charge is -2.34. The minimum atomic E-state index is -0.0172. The quantitative estimate of drug-likeness (QED) is 0.274. The van der Waals surface area contributed by atoms with Crippen LogP contribution < -0.4 is 0 Å². The smallest absolute Gasteiger partial charge is 0.0655 e. The van der Waals surface area contributed by atoms with Crippen LogP contribution in [-0.2, 0) is 9.47 Å². The molecule has 2 nitrogen and oxygen atoms in total. The summed E-state index contributed by atoms with van der Waals surface area (Å²) in [6.07, 6.45) is 10.6. The van der Waals surface area contributed by atoms with Crippen molar-refractivity contribution in [3.63, 3.8) is 0 Å². The first-order chi connectivity index (χ1) is 10.8. The standard InChI is InChI=1S/C17H36O2.C4H8/c1-6-8-9-10-11-12-13-16(14-15-18-5)17(3,4)19-7-2;1-4(2)3/h16H,6-15H2,1-5H3;1H2,2-3H3. The number of hydrogen-bond donors (Lipinski definition) is 0. The summed E-state index contributed by atoms with van der Waals surface area (Å²) in [6.45, 7) is 18.0.